The van der Waals surface area contributed by atoms with E-state index >= 15 is 0 Å². The van der Waals surface area contributed by atoms with Gasteiger partial charge in [-0.15, -0.1) is 0 Å². The third-order valence-corrected chi connectivity index (χ3v) is 2.67. The van der Waals surface area contributed by atoms with Crippen LogP contribution in [0.4, 0.5) is 13.2 Å². The van der Waals surface area contributed by atoms with Gasteiger partial charge in [-0.1, -0.05) is 6.07 Å². The summed E-state index contributed by atoms with van der Waals surface area (Å²) in [6, 6.07) is 5.00. The van der Waals surface area contributed by atoms with Crippen LogP contribution in [0.3, 0.4) is 0 Å². The van der Waals surface area contributed by atoms with Gasteiger partial charge in [-0.2, -0.15) is 13.2 Å². The van der Waals surface area contributed by atoms with Crippen molar-refractivity contribution in [1.82, 2.24) is 5.32 Å². The van der Waals surface area contributed by atoms with Crippen molar-refractivity contribution >= 4 is 15.9 Å². The second-order valence-corrected chi connectivity index (χ2v) is 4.48. The van der Waals surface area contributed by atoms with Crippen LogP contribution in [0.1, 0.15) is 5.56 Å². The highest BCUT2D eigenvalue weighted by molar-refractivity contribution is 9.10. The fourth-order valence-electron chi connectivity index (χ4n) is 1.23. The summed E-state index contributed by atoms with van der Waals surface area (Å²) in [4.78, 5) is 0. The summed E-state index contributed by atoms with van der Waals surface area (Å²) in [6.07, 6.45) is -4.28. The standard InChI is InChI=1S/C11H13BrF3NO2/c12-9-5-8(1-2-10(9)17)6-16-3-4-18-7-11(13,14)15/h1-2,5,16-17H,3-4,6-7H2. The lowest BCUT2D eigenvalue weighted by Gasteiger charge is -2.09. The van der Waals surface area contributed by atoms with Gasteiger partial charge < -0.3 is 15.2 Å². The van der Waals surface area contributed by atoms with Crippen molar-refractivity contribution in [3.05, 3.63) is 28.2 Å². The topological polar surface area (TPSA) is 41.5 Å². The highest BCUT2D eigenvalue weighted by atomic mass is 79.9. The molecule has 0 heterocycles. The van der Waals surface area contributed by atoms with Crippen molar-refractivity contribution in [1.29, 1.82) is 0 Å². The van der Waals surface area contributed by atoms with Gasteiger partial charge in [0.15, 0.2) is 0 Å². The second kappa shape index (κ2) is 6.96. The molecule has 1 rings (SSSR count). The predicted octanol–water partition coefficient (Wildman–Crippen LogP) is 2.82. The Morgan fingerprint density at radius 3 is 2.67 bits per heavy atom. The smallest absolute Gasteiger partial charge is 0.411 e. The summed E-state index contributed by atoms with van der Waals surface area (Å²) in [7, 11) is 0. The molecular formula is C11H13BrF3NO2. The fraction of sp³-hybridized carbons (Fsp3) is 0.455. The molecule has 1 aromatic rings. The van der Waals surface area contributed by atoms with E-state index in [-0.39, 0.29) is 12.4 Å². The number of benzene rings is 1. The molecule has 2 N–H and O–H groups in total. The van der Waals surface area contributed by atoms with Crippen molar-refractivity contribution in [2.24, 2.45) is 0 Å². The van der Waals surface area contributed by atoms with Gasteiger partial charge in [-0.05, 0) is 33.6 Å². The lowest BCUT2D eigenvalue weighted by Crippen LogP contribution is -2.23. The van der Waals surface area contributed by atoms with Crippen molar-refractivity contribution in [3.8, 4) is 5.75 Å². The molecule has 0 atom stereocenters. The minimum atomic E-state index is -4.28. The molecule has 0 saturated carbocycles. The number of alkyl halides is 3. The Morgan fingerprint density at radius 2 is 2.06 bits per heavy atom. The van der Waals surface area contributed by atoms with Gasteiger partial charge in [-0.25, -0.2) is 0 Å². The van der Waals surface area contributed by atoms with E-state index in [4.69, 9.17) is 0 Å². The molecule has 7 heteroatoms. The van der Waals surface area contributed by atoms with Crippen LogP contribution in [0.15, 0.2) is 22.7 Å². The van der Waals surface area contributed by atoms with E-state index < -0.39 is 12.8 Å². The Balaban J connectivity index is 2.16. The Kier molecular flexibility index (Phi) is 5.90. The number of hydrogen-bond acceptors (Lipinski definition) is 3. The van der Waals surface area contributed by atoms with Gasteiger partial charge in [0.2, 0.25) is 0 Å². The van der Waals surface area contributed by atoms with Gasteiger partial charge >= 0.3 is 6.18 Å². The fourth-order valence-corrected chi connectivity index (χ4v) is 1.65. The second-order valence-electron chi connectivity index (χ2n) is 3.63. The first-order chi connectivity index (χ1) is 8.38. The highest BCUT2D eigenvalue weighted by Crippen LogP contribution is 2.24. The van der Waals surface area contributed by atoms with Gasteiger partial charge in [0.25, 0.3) is 0 Å². The molecule has 1 aromatic carbocycles. The lowest BCUT2D eigenvalue weighted by atomic mass is 10.2. The van der Waals surface area contributed by atoms with Gasteiger partial charge in [0.05, 0.1) is 11.1 Å². The highest BCUT2D eigenvalue weighted by Gasteiger charge is 2.27. The number of aromatic hydroxyl groups is 1. The van der Waals surface area contributed by atoms with E-state index in [0.29, 0.717) is 17.6 Å². The molecule has 0 aliphatic carbocycles. The Labute approximate surface area is 111 Å². The zero-order valence-corrected chi connectivity index (χ0v) is 11.0. The maximum absolute atomic E-state index is 11.7. The van der Waals surface area contributed by atoms with Crippen LogP contribution in [0.2, 0.25) is 0 Å². The van der Waals surface area contributed by atoms with Gasteiger partial charge in [0, 0.05) is 13.1 Å². The van der Waals surface area contributed by atoms with Crippen LogP contribution >= 0.6 is 15.9 Å². The van der Waals surface area contributed by atoms with Crippen LogP contribution in [-0.2, 0) is 11.3 Å². The van der Waals surface area contributed by atoms with E-state index in [9.17, 15) is 18.3 Å². The van der Waals surface area contributed by atoms with Crippen LogP contribution in [0.25, 0.3) is 0 Å². The maximum Gasteiger partial charge on any atom is 0.411 e. The molecule has 102 valence electrons. The molecule has 0 aliphatic rings. The van der Waals surface area contributed by atoms with Crippen molar-refractivity contribution in [2.75, 3.05) is 19.8 Å². The third kappa shape index (κ3) is 6.23. The SMILES string of the molecule is Oc1ccc(CNCCOCC(F)(F)F)cc1Br. The lowest BCUT2D eigenvalue weighted by molar-refractivity contribution is -0.173. The number of hydrogen-bond donors (Lipinski definition) is 2. The third-order valence-electron chi connectivity index (χ3n) is 2.03. The van der Waals surface area contributed by atoms with Crippen LogP contribution < -0.4 is 5.32 Å². The number of rotatable bonds is 6. The molecule has 3 nitrogen and oxygen atoms in total. The molecule has 0 saturated heterocycles. The van der Waals surface area contributed by atoms with Gasteiger partial charge in [-0.3, -0.25) is 0 Å². The molecule has 0 spiro atoms. The Hall–Kier alpha value is -0.790. The Morgan fingerprint density at radius 1 is 1.33 bits per heavy atom. The summed E-state index contributed by atoms with van der Waals surface area (Å²) >= 11 is 3.17. The molecule has 0 radical (unpaired) electrons. The number of halogens is 4. The first-order valence-electron chi connectivity index (χ1n) is 5.21. The monoisotopic (exact) mass is 327 g/mol. The molecule has 0 aromatic heterocycles. The maximum atomic E-state index is 11.7. The summed E-state index contributed by atoms with van der Waals surface area (Å²) in [6.45, 7) is -0.402. The number of nitrogens with one attached hydrogen (secondary N) is 1. The molecule has 0 amide bonds. The number of phenolic OH excluding ortho intramolecular Hbond substituents is 1. The van der Waals surface area contributed by atoms with E-state index in [2.05, 4.69) is 26.0 Å². The van der Waals surface area contributed by atoms with Crippen LogP contribution in [0.5, 0.6) is 5.75 Å². The molecule has 18 heavy (non-hydrogen) atoms. The number of phenols is 1. The normalized spacial score (nSPS) is 11.8. The van der Waals surface area contributed by atoms with Crippen LogP contribution in [0, 0.1) is 0 Å². The average molecular weight is 328 g/mol. The average Bonchev–Trinajstić information content (AvgIpc) is 2.26. The van der Waals surface area contributed by atoms with Crippen LogP contribution in [-0.4, -0.2) is 31.0 Å². The molecule has 0 fully saturated rings. The van der Waals surface area contributed by atoms with E-state index in [1.54, 1.807) is 18.2 Å². The van der Waals surface area contributed by atoms with Crippen molar-refractivity contribution < 1.29 is 23.0 Å². The van der Waals surface area contributed by atoms with Crippen molar-refractivity contribution in [3.63, 3.8) is 0 Å². The zero-order chi connectivity index (χ0) is 13.6. The summed E-state index contributed by atoms with van der Waals surface area (Å²) in [5.41, 5.74) is 0.912. The first kappa shape index (κ1) is 15.3. The quantitative estimate of drug-likeness (QED) is 0.789. The minimum Gasteiger partial charge on any atom is -0.507 e. The van der Waals surface area contributed by atoms with E-state index in [0.717, 1.165) is 5.56 Å². The minimum absolute atomic E-state index is 0.00123. The summed E-state index contributed by atoms with van der Waals surface area (Å²) < 4.78 is 40.2. The zero-order valence-electron chi connectivity index (χ0n) is 9.43. The molecular weight excluding hydrogens is 315 g/mol. The van der Waals surface area contributed by atoms with E-state index in [1.807, 2.05) is 0 Å². The van der Waals surface area contributed by atoms with E-state index in [1.165, 1.54) is 0 Å². The Bertz CT molecular complexity index is 385. The van der Waals surface area contributed by atoms with Gasteiger partial charge in [0.1, 0.15) is 12.4 Å². The largest absolute Gasteiger partial charge is 0.507 e. The summed E-state index contributed by atoms with van der Waals surface area (Å²) in [5.74, 6) is 0.146. The molecule has 0 unspecified atom stereocenters. The first-order valence-corrected chi connectivity index (χ1v) is 6.00. The predicted molar refractivity (Wildman–Crippen MR) is 64.4 cm³/mol. The van der Waals surface area contributed by atoms with Crippen molar-refractivity contribution in [2.45, 2.75) is 12.7 Å². The number of ether oxygens (including phenoxy) is 1. The summed E-state index contributed by atoms with van der Waals surface area (Å²) in [5, 5.41) is 12.2. The molecule has 0 bridgehead atoms. The molecule has 0 aliphatic heterocycles.